The summed E-state index contributed by atoms with van der Waals surface area (Å²) in [6.07, 6.45) is 12.1. The van der Waals surface area contributed by atoms with Crippen LogP contribution in [0.2, 0.25) is 0 Å². The minimum absolute atomic E-state index is 0.0184. The third-order valence-corrected chi connectivity index (χ3v) is 7.05. The number of benzene rings is 1. The molecule has 2 saturated carbocycles. The standard InChI is InChI=1S/C28H38O3/c1-4-23(5-2)24-13-15-25(16-14-24)28(29)31-27-19-11-22(12-20-27)8-7-21-9-17-26(18-10-21)30-6-3/h4,11-12,19-21,23-26H,1,5-6,9-10,13-18H2,2-3H3. The van der Waals surface area contributed by atoms with E-state index in [1.807, 2.05) is 24.3 Å². The molecule has 0 aromatic heterocycles. The molecule has 0 aliphatic heterocycles. The fraction of sp³-hybridized carbons (Fsp3) is 0.607. The Morgan fingerprint density at radius 3 is 2.32 bits per heavy atom. The topological polar surface area (TPSA) is 35.5 Å². The van der Waals surface area contributed by atoms with Crippen molar-refractivity contribution in [3.8, 4) is 17.6 Å². The summed E-state index contributed by atoms with van der Waals surface area (Å²) in [7, 11) is 0. The molecule has 0 heterocycles. The molecule has 0 saturated heterocycles. The fourth-order valence-electron chi connectivity index (χ4n) is 5.08. The number of hydrogen-bond donors (Lipinski definition) is 0. The first kappa shape index (κ1) is 23.6. The maximum atomic E-state index is 12.6. The number of rotatable bonds is 7. The smallest absolute Gasteiger partial charge is 0.314 e. The SMILES string of the molecule is C=CC(CC)C1CCC(C(=O)Oc2ccc(C#CC3CCC(OCC)CC3)cc2)CC1. The Hall–Kier alpha value is -2.05. The van der Waals surface area contributed by atoms with E-state index in [0.29, 0.717) is 29.6 Å². The van der Waals surface area contributed by atoms with Crippen molar-refractivity contribution >= 4 is 5.97 Å². The van der Waals surface area contributed by atoms with E-state index < -0.39 is 0 Å². The second-order valence-electron chi connectivity index (χ2n) is 9.06. The number of ether oxygens (including phenoxy) is 2. The van der Waals surface area contributed by atoms with Crippen LogP contribution in [0.5, 0.6) is 5.75 Å². The fourth-order valence-corrected chi connectivity index (χ4v) is 5.08. The molecule has 1 unspecified atom stereocenters. The minimum atomic E-state index is -0.0880. The van der Waals surface area contributed by atoms with Crippen LogP contribution in [0.1, 0.15) is 77.2 Å². The van der Waals surface area contributed by atoms with Gasteiger partial charge < -0.3 is 9.47 Å². The van der Waals surface area contributed by atoms with E-state index in [1.165, 1.54) is 0 Å². The number of allylic oxidation sites excluding steroid dienone is 1. The van der Waals surface area contributed by atoms with E-state index in [1.54, 1.807) is 0 Å². The Morgan fingerprint density at radius 1 is 1.06 bits per heavy atom. The second kappa shape index (κ2) is 12.1. The quantitative estimate of drug-likeness (QED) is 0.216. The molecule has 1 aromatic carbocycles. The van der Waals surface area contributed by atoms with Gasteiger partial charge in [0.25, 0.3) is 0 Å². The van der Waals surface area contributed by atoms with Crippen molar-refractivity contribution in [2.24, 2.45) is 23.7 Å². The monoisotopic (exact) mass is 422 g/mol. The van der Waals surface area contributed by atoms with Crippen molar-refractivity contribution in [3.05, 3.63) is 42.5 Å². The maximum absolute atomic E-state index is 12.6. The zero-order valence-electron chi connectivity index (χ0n) is 19.3. The van der Waals surface area contributed by atoms with Crippen molar-refractivity contribution in [3.63, 3.8) is 0 Å². The Kier molecular flexibility index (Phi) is 9.22. The van der Waals surface area contributed by atoms with Gasteiger partial charge in [0, 0.05) is 18.1 Å². The van der Waals surface area contributed by atoms with Crippen molar-refractivity contribution < 1.29 is 14.3 Å². The predicted molar refractivity (Wildman–Crippen MR) is 126 cm³/mol. The zero-order chi connectivity index (χ0) is 22.1. The zero-order valence-corrected chi connectivity index (χ0v) is 19.3. The van der Waals surface area contributed by atoms with Gasteiger partial charge in [0.05, 0.1) is 12.0 Å². The van der Waals surface area contributed by atoms with Crippen molar-refractivity contribution in [2.75, 3.05) is 6.61 Å². The van der Waals surface area contributed by atoms with Crippen LogP contribution >= 0.6 is 0 Å². The third kappa shape index (κ3) is 6.97. The van der Waals surface area contributed by atoms with Gasteiger partial charge in [0.1, 0.15) is 5.75 Å². The molecule has 2 aliphatic rings. The van der Waals surface area contributed by atoms with Crippen molar-refractivity contribution in [2.45, 2.75) is 77.7 Å². The number of esters is 1. The van der Waals surface area contributed by atoms with Gasteiger partial charge in [-0.2, -0.15) is 0 Å². The van der Waals surface area contributed by atoms with Gasteiger partial charge in [-0.1, -0.05) is 24.8 Å². The third-order valence-electron chi connectivity index (χ3n) is 7.05. The largest absolute Gasteiger partial charge is 0.426 e. The molecular weight excluding hydrogens is 384 g/mol. The second-order valence-corrected chi connectivity index (χ2v) is 9.06. The summed E-state index contributed by atoms with van der Waals surface area (Å²) in [5, 5.41) is 0. The molecule has 0 amide bonds. The summed E-state index contributed by atoms with van der Waals surface area (Å²) in [6, 6.07) is 7.64. The number of carbonyl (C=O) groups is 1. The van der Waals surface area contributed by atoms with Crippen LogP contribution in [0.4, 0.5) is 0 Å². The molecule has 1 atom stereocenters. The van der Waals surface area contributed by atoms with Gasteiger partial charge in [-0.3, -0.25) is 4.79 Å². The summed E-state index contributed by atoms with van der Waals surface area (Å²) in [5.74, 6) is 8.95. The van der Waals surface area contributed by atoms with Crippen LogP contribution < -0.4 is 4.74 Å². The van der Waals surface area contributed by atoms with Crippen LogP contribution in [0, 0.1) is 35.5 Å². The van der Waals surface area contributed by atoms with Crippen molar-refractivity contribution in [1.82, 2.24) is 0 Å². The van der Waals surface area contributed by atoms with Crippen LogP contribution in [-0.2, 0) is 9.53 Å². The van der Waals surface area contributed by atoms with Crippen LogP contribution in [0.3, 0.4) is 0 Å². The van der Waals surface area contributed by atoms with E-state index in [0.717, 1.165) is 70.0 Å². The lowest BCUT2D eigenvalue weighted by Crippen LogP contribution is -2.27. The molecule has 0 N–H and O–H groups in total. The first-order valence-corrected chi connectivity index (χ1v) is 12.2. The molecule has 3 rings (SSSR count). The summed E-state index contributed by atoms with van der Waals surface area (Å²) in [4.78, 5) is 12.6. The Balaban J connectivity index is 1.45. The Labute approximate surface area is 188 Å². The summed E-state index contributed by atoms with van der Waals surface area (Å²) < 4.78 is 11.4. The van der Waals surface area contributed by atoms with Gasteiger partial charge in [-0.05, 0) is 101 Å². The summed E-state index contributed by atoms with van der Waals surface area (Å²) in [5.41, 5.74) is 0.974. The van der Waals surface area contributed by atoms with Gasteiger partial charge in [0.15, 0.2) is 0 Å². The average molecular weight is 423 g/mol. The lowest BCUT2D eigenvalue weighted by atomic mass is 9.75. The van der Waals surface area contributed by atoms with Crippen molar-refractivity contribution in [1.29, 1.82) is 0 Å². The Morgan fingerprint density at radius 2 is 1.74 bits per heavy atom. The molecule has 1 aromatic rings. The van der Waals surface area contributed by atoms with E-state index in [4.69, 9.17) is 9.47 Å². The van der Waals surface area contributed by atoms with Crippen LogP contribution in [-0.4, -0.2) is 18.7 Å². The molecule has 0 spiro atoms. The van der Waals surface area contributed by atoms with E-state index >= 15 is 0 Å². The minimum Gasteiger partial charge on any atom is -0.426 e. The van der Waals surface area contributed by atoms with Crippen LogP contribution in [0.15, 0.2) is 36.9 Å². The molecule has 168 valence electrons. The normalized spacial score (nSPS) is 26.9. The molecule has 2 fully saturated rings. The van der Waals surface area contributed by atoms with Gasteiger partial charge in [0.2, 0.25) is 0 Å². The Bertz CT molecular complexity index is 754. The molecule has 2 aliphatic carbocycles. The molecular formula is C28H38O3. The molecule has 0 radical (unpaired) electrons. The molecule has 3 nitrogen and oxygen atoms in total. The van der Waals surface area contributed by atoms with E-state index in [2.05, 4.69) is 38.3 Å². The molecule has 31 heavy (non-hydrogen) atoms. The van der Waals surface area contributed by atoms with E-state index in [-0.39, 0.29) is 11.9 Å². The lowest BCUT2D eigenvalue weighted by molar-refractivity contribution is -0.140. The lowest BCUT2D eigenvalue weighted by Gasteiger charge is -2.31. The average Bonchev–Trinajstić information content (AvgIpc) is 2.81. The summed E-state index contributed by atoms with van der Waals surface area (Å²) in [6.45, 7) is 9.04. The summed E-state index contributed by atoms with van der Waals surface area (Å²) >= 11 is 0. The van der Waals surface area contributed by atoms with Gasteiger partial charge in [-0.15, -0.1) is 6.58 Å². The first-order chi connectivity index (χ1) is 15.1. The number of carbonyl (C=O) groups excluding carboxylic acids is 1. The highest BCUT2D eigenvalue weighted by atomic mass is 16.5. The van der Waals surface area contributed by atoms with Crippen LogP contribution in [0.25, 0.3) is 0 Å². The first-order valence-electron chi connectivity index (χ1n) is 12.2. The van der Waals surface area contributed by atoms with E-state index in [9.17, 15) is 4.79 Å². The highest BCUT2D eigenvalue weighted by molar-refractivity contribution is 5.75. The highest BCUT2D eigenvalue weighted by Crippen LogP contribution is 2.36. The highest BCUT2D eigenvalue weighted by Gasteiger charge is 2.30. The molecule has 3 heteroatoms. The molecule has 0 bridgehead atoms. The number of hydrogen-bond acceptors (Lipinski definition) is 3. The maximum Gasteiger partial charge on any atom is 0.314 e. The van der Waals surface area contributed by atoms with Gasteiger partial charge in [-0.25, -0.2) is 0 Å². The predicted octanol–water partition coefficient (Wildman–Crippen LogP) is 6.56. The van der Waals surface area contributed by atoms with Gasteiger partial charge >= 0.3 is 5.97 Å².